The smallest absolute Gasteiger partial charge is 0.271 e. The molecule has 0 saturated carbocycles. The lowest BCUT2D eigenvalue weighted by molar-refractivity contribution is 0.0955. The Balaban J connectivity index is 2.01. The highest BCUT2D eigenvalue weighted by Gasteiger charge is 2.14. The summed E-state index contributed by atoms with van der Waals surface area (Å²) in [4.78, 5) is 12.1. The summed E-state index contributed by atoms with van der Waals surface area (Å²) >= 11 is 3.41. The molecule has 0 aliphatic heterocycles. The zero-order chi connectivity index (χ0) is 17.7. The second kappa shape index (κ2) is 7.62. The fourth-order valence-electron chi connectivity index (χ4n) is 2.11. The molecule has 0 spiro atoms. The summed E-state index contributed by atoms with van der Waals surface area (Å²) in [6, 6.07) is 13.1. The van der Waals surface area contributed by atoms with E-state index in [4.69, 9.17) is 4.74 Å². The topological polar surface area (TPSA) is 50.7 Å². The van der Waals surface area contributed by atoms with E-state index in [9.17, 15) is 4.79 Å². The molecule has 0 unspecified atom stereocenters. The first kappa shape index (κ1) is 18.2. The van der Waals surface area contributed by atoms with Crippen molar-refractivity contribution in [2.24, 2.45) is 5.10 Å². The molecule has 0 fully saturated rings. The fraction of sp³-hybridized carbons (Fsp3) is 0.263. The van der Waals surface area contributed by atoms with Crippen LogP contribution in [0.3, 0.4) is 0 Å². The van der Waals surface area contributed by atoms with Crippen LogP contribution in [0.25, 0.3) is 0 Å². The van der Waals surface area contributed by atoms with Crippen LogP contribution in [0, 0.1) is 0 Å². The van der Waals surface area contributed by atoms with Crippen molar-refractivity contribution < 1.29 is 9.53 Å². The van der Waals surface area contributed by atoms with Crippen LogP contribution in [0.5, 0.6) is 5.75 Å². The van der Waals surface area contributed by atoms with E-state index < -0.39 is 0 Å². The van der Waals surface area contributed by atoms with Crippen LogP contribution in [-0.2, 0) is 5.41 Å². The number of ether oxygens (including phenoxy) is 1. The normalized spacial score (nSPS) is 11.5. The van der Waals surface area contributed by atoms with E-state index in [2.05, 4.69) is 47.2 Å². The molecule has 24 heavy (non-hydrogen) atoms. The summed E-state index contributed by atoms with van der Waals surface area (Å²) in [7, 11) is 1.61. The maximum Gasteiger partial charge on any atom is 0.271 e. The third-order valence-corrected chi connectivity index (χ3v) is 4.19. The van der Waals surface area contributed by atoms with Gasteiger partial charge in [-0.2, -0.15) is 5.10 Å². The van der Waals surface area contributed by atoms with Gasteiger partial charge in [0.1, 0.15) is 5.75 Å². The van der Waals surface area contributed by atoms with Crippen LogP contribution in [0.2, 0.25) is 0 Å². The molecular formula is C19H21BrN2O2. The fourth-order valence-corrected chi connectivity index (χ4v) is 2.67. The second-order valence-electron chi connectivity index (χ2n) is 6.42. The summed E-state index contributed by atoms with van der Waals surface area (Å²) in [6.45, 7) is 6.41. The average Bonchev–Trinajstić information content (AvgIpc) is 2.54. The van der Waals surface area contributed by atoms with Crippen molar-refractivity contribution >= 4 is 28.1 Å². The van der Waals surface area contributed by atoms with Gasteiger partial charge in [-0.1, -0.05) is 32.9 Å². The van der Waals surface area contributed by atoms with Gasteiger partial charge in [-0.3, -0.25) is 4.79 Å². The summed E-state index contributed by atoms with van der Waals surface area (Å²) in [5.41, 5.74) is 5.22. The van der Waals surface area contributed by atoms with Crippen LogP contribution in [0.1, 0.15) is 42.3 Å². The third kappa shape index (κ3) is 4.68. The van der Waals surface area contributed by atoms with Gasteiger partial charge < -0.3 is 4.74 Å². The molecule has 0 aliphatic carbocycles. The monoisotopic (exact) mass is 388 g/mol. The van der Waals surface area contributed by atoms with Crippen LogP contribution < -0.4 is 10.2 Å². The number of rotatable bonds is 4. The van der Waals surface area contributed by atoms with Crippen LogP contribution in [-0.4, -0.2) is 19.2 Å². The number of halogens is 1. The van der Waals surface area contributed by atoms with Crippen molar-refractivity contribution in [1.82, 2.24) is 5.43 Å². The summed E-state index contributed by atoms with van der Waals surface area (Å²) in [5.74, 6) is 0.509. The van der Waals surface area contributed by atoms with E-state index in [0.29, 0.717) is 5.56 Å². The van der Waals surface area contributed by atoms with E-state index >= 15 is 0 Å². The molecule has 4 nitrogen and oxygen atoms in total. The Bertz CT molecular complexity index is 747. The summed E-state index contributed by atoms with van der Waals surface area (Å²) in [5, 5.41) is 4.00. The number of nitrogens with zero attached hydrogens (tertiary/aromatic N) is 1. The lowest BCUT2D eigenvalue weighted by Gasteiger charge is -2.18. The highest BCUT2D eigenvalue weighted by atomic mass is 79.9. The zero-order valence-corrected chi connectivity index (χ0v) is 15.8. The molecule has 5 heteroatoms. The van der Waals surface area contributed by atoms with Gasteiger partial charge in [0.15, 0.2) is 0 Å². The molecule has 0 saturated heterocycles. The SMILES string of the molecule is COc1ccc(/C=N\NC(=O)c2ccc(C(C)(C)C)cc2)cc1Br. The van der Waals surface area contributed by atoms with Gasteiger partial charge in [-0.05, 0) is 62.8 Å². The van der Waals surface area contributed by atoms with Crippen LogP contribution in [0.15, 0.2) is 52.0 Å². The lowest BCUT2D eigenvalue weighted by atomic mass is 9.87. The van der Waals surface area contributed by atoms with Gasteiger partial charge in [0.25, 0.3) is 5.91 Å². The molecule has 126 valence electrons. The number of methoxy groups -OCH3 is 1. The highest BCUT2D eigenvalue weighted by molar-refractivity contribution is 9.10. The maximum atomic E-state index is 12.1. The first-order chi connectivity index (χ1) is 11.3. The molecule has 2 aromatic rings. The Labute approximate surface area is 151 Å². The third-order valence-electron chi connectivity index (χ3n) is 3.57. The molecule has 1 amide bonds. The minimum atomic E-state index is -0.237. The summed E-state index contributed by atoms with van der Waals surface area (Å²) < 4.78 is 6.00. The Morgan fingerprint density at radius 1 is 1.17 bits per heavy atom. The molecular weight excluding hydrogens is 368 g/mol. The van der Waals surface area contributed by atoms with Crippen molar-refractivity contribution in [3.05, 3.63) is 63.6 Å². The van der Waals surface area contributed by atoms with Crippen molar-refractivity contribution in [3.63, 3.8) is 0 Å². The standard InChI is InChI=1S/C19H21BrN2O2/c1-19(2,3)15-8-6-14(7-9-15)18(23)22-21-12-13-5-10-17(24-4)16(20)11-13/h5-12H,1-4H3,(H,22,23)/b21-12-. The van der Waals surface area contributed by atoms with Gasteiger partial charge in [-0.15, -0.1) is 0 Å². The first-order valence-corrected chi connectivity index (χ1v) is 8.38. The number of amides is 1. The van der Waals surface area contributed by atoms with Crippen LogP contribution in [0.4, 0.5) is 0 Å². The molecule has 0 bridgehead atoms. The van der Waals surface area contributed by atoms with Gasteiger partial charge in [0.05, 0.1) is 17.8 Å². The predicted octanol–water partition coefficient (Wildman–Crippen LogP) is 4.52. The zero-order valence-electron chi connectivity index (χ0n) is 14.3. The van der Waals surface area contributed by atoms with Gasteiger partial charge >= 0.3 is 0 Å². The van der Waals surface area contributed by atoms with Gasteiger partial charge in [-0.25, -0.2) is 5.43 Å². The minimum absolute atomic E-state index is 0.0644. The predicted molar refractivity (Wildman–Crippen MR) is 101 cm³/mol. The van der Waals surface area contributed by atoms with Crippen molar-refractivity contribution in [2.75, 3.05) is 7.11 Å². The number of hydrazone groups is 1. The van der Waals surface area contributed by atoms with E-state index in [0.717, 1.165) is 15.8 Å². The minimum Gasteiger partial charge on any atom is -0.496 e. The first-order valence-electron chi connectivity index (χ1n) is 7.59. The Morgan fingerprint density at radius 3 is 2.38 bits per heavy atom. The molecule has 2 aromatic carbocycles. The van der Waals surface area contributed by atoms with Crippen LogP contribution >= 0.6 is 15.9 Å². The molecule has 0 atom stereocenters. The van der Waals surface area contributed by atoms with E-state index in [1.165, 1.54) is 5.56 Å². The van der Waals surface area contributed by atoms with E-state index in [1.54, 1.807) is 13.3 Å². The molecule has 0 radical (unpaired) electrons. The van der Waals surface area contributed by atoms with Crippen molar-refractivity contribution in [3.8, 4) is 5.75 Å². The second-order valence-corrected chi connectivity index (χ2v) is 7.27. The number of benzene rings is 2. The van der Waals surface area contributed by atoms with Gasteiger partial charge in [0.2, 0.25) is 0 Å². The summed E-state index contributed by atoms with van der Waals surface area (Å²) in [6.07, 6.45) is 1.59. The molecule has 0 aliphatic rings. The number of carbonyl (C=O) groups excluding carboxylic acids is 1. The van der Waals surface area contributed by atoms with Crippen molar-refractivity contribution in [1.29, 1.82) is 0 Å². The largest absolute Gasteiger partial charge is 0.496 e. The Hall–Kier alpha value is -2.14. The number of hydrogen-bond donors (Lipinski definition) is 1. The molecule has 0 heterocycles. The van der Waals surface area contributed by atoms with Gasteiger partial charge in [0, 0.05) is 5.56 Å². The Kier molecular flexibility index (Phi) is 5.78. The Morgan fingerprint density at radius 2 is 1.83 bits per heavy atom. The van der Waals surface area contributed by atoms with E-state index in [-0.39, 0.29) is 11.3 Å². The highest BCUT2D eigenvalue weighted by Crippen LogP contribution is 2.25. The number of nitrogens with one attached hydrogen (secondary N) is 1. The quantitative estimate of drug-likeness (QED) is 0.618. The number of hydrogen-bond acceptors (Lipinski definition) is 3. The van der Waals surface area contributed by atoms with E-state index in [1.807, 2.05) is 42.5 Å². The molecule has 1 N–H and O–H groups in total. The average molecular weight is 389 g/mol. The molecule has 2 rings (SSSR count). The number of carbonyl (C=O) groups is 1. The lowest BCUT2D eigenvalue weighted by Crippen LogP contribution is -2.18. The molecule has 0 aromatic heterocycles. The van der Waals surface area contributed by atoms with Crippen molar-refractivity contribution in [2.45, 2.75) is 26.2 Å². The maximum absolute atomic E-state index is 12.1.